The smallest absolute Gasteiger partial charge is 0.494 e. The van der Waals surface area contributed by atoms with Crippen molar-refractivity contribution >= 4 is 124 Å². The fraction of sp³-hybridized carbons (Fsp3) is 0.242. The topological polar surface area (TPSA) is 163 Å². The van der Waals surface area contributed by atoms with Gasteiger partial charge < -0.3 is 23.7 Å². The lowest BCUT2D eigenvalue weighted by molar-refractivity contribution is -0.121. The van der Waals surface area contributed by atoms with Crippen LogP contribution in [0.5, 0.6) is 11.5 Å². The number of ether oxygens (including phenoxy) is 2. The van der Waals surface area contributed by atoms with Crippen LogP contribution in [0.15, 0.2) is 133 Å². The van der Waals surface area contributed by atoms with Crippen LogP contribution in [0.4, 0.5) is 13.2 Å². The van der Waals surface area contributed by atoms with Gasteiger partial charge in [0.15, 0.2) is 0 Å². The number of Topliss-reactive ketones (excluding diaryl/α,β-unsaturated/α-hetero) is 1. The number of nitriles is 1. The molecule has 12 rings (SSSR count). The first-order valence-electron chi connectivity index (χ1n) is 29.1. The number of benzene rings is 6. The number of halogens is 5. The van der Waals surface area contributed by atoms with Crippen molar-refractivity contribution in [3.63, 3.8) is 0 Å². The monoisotopic (exact) mass is 1290 g/mol. The molecule has 0 radical (unpaired) electrons. The standard InChI is InChI=1S/C66H54B2Cl2F3N7O6S3/c1-3-76-56(82)17-9-11-31-86-50-26-20-41(21-27-50)61-58-57(62(79(61)67-34-42-12-4-5-13-43(42)35-67)51(38-74)64-77-52-32-46(69)22-28-54(52)87-64)60(40-18-24-49(25-19-40)85-30-10-8-16-48(81)39-89(83,84)66(71,72)73)80(68-36-44-14-6-7-15-45(44)37-68)63(58)59(75-2)65-78-53-33-47(70)23-29-55(53)88-65/h4-7,12-15,18-29,32-33H,3,8-11,16-17,30-31,34-37,39H2,1H3,(H,76,82)/b62-51-,63-59+. The Hall–Kier alpha value is -8.17. The van der Waals surface area contributed by atoms with Crippen LogP contribution in [-0.4, -0.2) is 83.7 Å². The predicted octanol–water partition coefficient (Wildman–Crippen LogP) is 13.3. The van der Waals surface area contributed by atoms with Crippen molar-refractivity contribution in [1.29, 1.82) is 5.26 Å². The van der Waals surface area contributed by atoms with E-state index in [9.17, 15) is 43.0 Å². The van der Waals surface area contributed by atoms with Crippen molar-refractivity contribution in [2.45, 2.75) is 76.2 Å². The molecule has 2 aliphatic rings. The van der Waals surface area contributed by atoms with Gasteiger partial charge in [-0.25, -0.2) is 23.2 Å². The molecule has 1 N–H and O–H groups in total. The molecule has 1 amide bonds. The highest BCUT2D eigenvalue weighted by atomic mass is 35.5. The Morgan fingerprint density at radius 2 is 1.15 bits per heavy atom. The van der Waals surface area contributed by atoms with Crippen LogP contribution in [0.2, 0.25) is 10.0 Å². The van der Waals surface area contributed by atoms with E-state index < -0.39 is 26.9 Å². The molecule has 13 nitrogen and oxygen atoms in total. The van der Waals surface area contributed by atoms with Crippen LogP contribution in [0.1, 0.15) is 77.7 Å². The number of aromatic nitrogens is 4. The molecule has 6 aromatic carbocycles. The first-order valence-corrected chi connectivity index (χ1v) is 33.2. The molecule has 6 heterocycles. The molecule has 0 aliphatic carbocycles. The average molecular weight is 1290 g/mol. The fourth-order valence-electron chi connectivity index (χ4n) is 12.3. The van der Waals surface area contributed by atoms with Gasteiger partial charge in [-0.3, -0.25) is 9.59 Å². The summed E-state index contributed by atoms with van der Waals surface area (Å²) in [5.41, 5.74) is 4.03. The van der Waals surface area contributed by atoms with Crippen LogP contribution in [0.3, 0.4) is 0 Å². The number of rotatable bonds is 21. The molecule has 448 valence electrons. The van der Waals surface area contributed by atoms with Gasteiger partial charge in [-0.1, -0.05) is 94.0 Å². The summed E-state index contributed by atoms with van der Waals surface area (Å²) in [7, 11) is -5.59. The van der Waals surface area contributed by atoms with Gasteiger partial charge in [0.2, 0.25) is 11.6 Å². The quantitative estimate of drug-likeness (QED) is 0.0419. The van der Waals surface area contributed by atoms with Gasteiger partial charge in [0.25, 0.3) is 23.5 Å². The minimum absolute atomic E-state index is 0.000538. The van der Waals surface area contributed by atoms with Gasteiger partial charge >= 0.3 is 5.51 Å². The second-order valence-electron chi connectivity index (χ2n) is 22.1. The summed E-state index contributed by atoms with van der Waals surface area (Å²) in [5.74, 6) is -1.56. The predicted molar refractivity (Wildman–Crippen MR) is 349 cm³/mol. The van der Waals surface area contributed by atoms with Crippen LogP contribution in [0.25, 0.3) is 69.8 Å². The maximum absolute atomic E-state index is 13.0. The van der Waals surface area contributed by atoms with E-state index in [1.807, 2.05) is 97.9 Å². The zero-order chi connectivity index (χ0) is 62.1. The molecular formula is C66H54B2Cl2F3N7O6S3. The first-order chi connectivity index (χ1) is 43.0. The third kappa shape index (κ3) is 12.5. The second kappa shape index (κ2) is 25.7. The molecule has 0 saturated carbocycles. The van der Waals surface area contributed by atoms with Crippen molar-refractivity contribution < 1.29 is 40.7 Å². The number of fused-ring (bicyclic) bond motifs is 5. The molecule has 10 aromatic rings. The minimum Gasteiger partial charge on any atom is -0.494 e. The summed E-state index contributed by atoms with van der Waals surface area (Å²) in [6, 6.07) is 45.9. The zero-order valence-corrected chi connectivity index (χ0v) is 52.0. The Morgan fingerprint density at radius 1 is 0.685 bits per heavy atom. The molecule has 0 atom stereocenters. The highest BCUT2D eigenvalue weighted by molar-refractivity contribution is 7.92. The molecule has 0 bridgehead atoms. The highest BCUT2D eigenvalue weighted by Gasteiger charge is 2.46. The molecule has 0 unspecified atom stereocenters. The first kappa shape index (κ1) is 61.1. The third-order valence-electron chi connectivity index (χ3n) is 16.3. The van der Waals surface area contributed by atoms with Gasteiger partial charge in [-0.2, -0.15) is 18.4 Å². The Balaban J connectivity index is 1.13. The number of ketones is 1. The normalized spacial score (nSPS) is 13.8. The van der Waals surface area contributed by atoms with E-state index in [1.165, 1.54) is 33.8 Å². The van der Waals surface area contributed by atoms with E-state index in [2.05, 4.69) is 49.5 Å². The number of nitrogens with one attached hydrogen (secondary N) is 1. The maximum atomic E-state index is 13.0. The molecule has 0 fully saturated rings. The van der Waals surface area contributed by atoms with Gasteiger partial charge in [-0.05, 0) is 154 Å². The number of hydrogen-bond donors (Lipinski definition) is 1. The molecular weight excluding hydrogens is 1230 g/mol. The van der Waals surface area contributed by atoms with Crippen LogP contribution in [-0.2, 0) is 44.7 Å². The van der Waals surface area contributed by atoms with Crippen molar-refractivity contribution in [3.05, 3.63) is 198 Å². The zero-order valence-electron chi connectivity index (χ0n) is 48.0. The lowest BCUT2D eigenvalue weighted by Crippen LogP contribution is -2.39. The summed E-state index contributed by atoms with van der Waals surface area (Å²) in [5, 5.41) is 19.5. The van der Waals surface area contributed by atoms with Gasteiger partial charge in [0.1, 0.15) is 44.7 Å². The average Bonchev–Trinajstić information content (AvgIpc) is 1.56. The molecule has 0 saturated heterocycles. The van der Waals surface area contributed by atoms with E-state index in [1.54, 1.807) is 18.2 Å². The van der Waals surface area contributed by atoms with E-state index in [4.69, 9.17) is 42.6 Å². The number of nitrogens with zero attached hydrogens (tertiary/aromatic N) is 6. The Morgan fingerprint density at radius 3 is 1.62 bits per heavy atom. The molecule has 0 spiro atoms. The van der Waals surface area contributed by atoms with Gasteiger partial charge in [-0.15, -0.1) is 22.7 Å². The summed E-state index contributed by atoms with van der Waals surface area (Å²) >= 11 is 16.0. The second-order valence-corrected chi connectivity index (χ2v) is 27.0. The lowest BCUT2D eigenvalue weighted by Gasteiger charge is -2.20. The number of sulfone groups is 1. The maximum Gasteiger partial charge on any atom is 0.497 e. The van der Waals surface area contributed by atoms with Gasteiger partial charge in [0.05, 0.1) is 45.6 Å². The van der Waals surface area contributed by atoms with E-state index >= 15 is 0 Å². The number of amides is 1. The molecule has 2 aliphatic heterocycles. The van der Waals surface area contributed by atoms with Crippen LogP contribution < -0.4 is 25.5 Å². The number of thiazole rings is 2. The van der Waals surface area contributed by atoms with Crippen molar-refractivity contribution in [2.75, 3.05) is 25.5 Å². The van der Waals surface area contributed by atoms with E-state index in [-0.39, 0.29) is 45.5 Å². The van der Waals surface area contributed by atoms with Crippen LogP contribution in [0, 0.1) is 17.9 Å². The van der Waals surface area contributed by atoms with Crippen LogP contribution >= 0.6 is 45.9 Å². The largest absolute Gasteiger partial charge is 0.497 e. The van der Waals surface area contributed by atoms with Crippen molar-refractivity contribution in [1.82, 2.24) is 24.2 Å². The van der Waals surface area contributed by atoms with E-state index in [0.717, 1.165) is 48.4 Å². The summed E-state index contributed by atoms with van der Waals surface area (Å²) in [6.45, 7) is 11.8. The number of hydrogen-bond acceptors (Lipinski definition) is 11. The van der Waals surface area contributed by atoms with Crippen molar-refractivity contribution in [2.24, 2.45) is 0 Å². The van der Waals surface area contributed by atoms with E-state index in [0.29, 0.717) is 128 Å². The highest BCUT2D eigenvalue weighted by Crippen LogP contribution is 2.41. The molecule has 23 heteroatoms. The lowest BCUT2D eigenvalue weighted by atomic mass is 9.58. The number of alkyl halides is 3. The third-order valence-corrected chi connectivity index (χ3v) is 20.2. The Bertz CT molecular complexity index is 4610. The SMILES string of the molecule is [C-]#[N+]/C(c1nc2cc(Cl)ccc2s1)=c1\c2c(-c3ccc(OCCCCC(=O)NCC)cc3)n(B3Cc4ccccc4C3)/c(=C(/C#N)c3nc4cc(Cl)ccc4s3)c2c(-c2ccc(OCCCCC(=O)CS(=O)(=O)C(F)(F)F)cc2)n1B1Cc2ccccc2C1. The Labute approximate surface area is 530 Å². The summed E-state index contributed by atoms with van der Waals surface area (Å²) in [4.78, 5) is 39.5. The fourth-order valence-corrected chi connectivity index (χ4v) is 15.2. The molecule has 4 aromatic heterocycles. The minimum atomic E-state index is -5.59. The molecule has 89 heavy (non-hydrogen) atoms. The summed E-state index contributed by atoms with van der Waals surface area (Å²) in [6.07, 6.45) is 4.16. The number of carbonyl (C=O) groups excluding carboxylic acids is 2. The number of carbonyl (C=O) groups is 2. The Kier molecular flexibility index (Phi) is 17.7. The number of unbranched alkanes of at least 4 members (excludes halogenated alkanes) is 2. The van der Waals surface area contributed by atoms with Crippen molar-refractivity contribution in [3.8, 4) is 40.1 Å². The summed E-state index contributed by atoms with van der Waals surface area (Å²) < 4.78 is 81.3. The van der Waals surface area contributed by atoms with Gasteiger partial charge in [0, 0.05) is 56.9 Å².